The lowest BCUT2D eigenvalue weighted by Gasteiger charge is -2.34. The minimum absolute atomic E-state index is 0.120. The minimum Gasteiger partial charge on any atom is -0.396 e. The van der Waals surface area contributed by atoms with Crippen molar-refractivity contribution in [2.45, 2.75) is 38.3 Å². The van der Waals surface area contributed by atoms with Crippen molar-refractivity contribution < 1.29 is 9.90 Å². The fourth-order valence-electron chi connectivity index (χ4n) is 3.47. The van der Waals surface area contributed by atoms with Crippen molar-refractivity contribution in [1.29, 1.82) is 0 Å². The average molecular weight is 335 g/mol. The monoisotopic (exact) mass is 334 g/mol. The third kappa shape index (κ3) is 3.54. The summed E-state index contributed by atoms with van der Waals surface area (Å²) in [6, 6.07) is 8.03. The number of nitrogens with zero attached hydrogens (tertiary/aromatic N) is 2. The molecule has 1 aromatic carbocycles. The Balaban J connectivity index is 1.67. The molecule has 1 aliphatic rings. The molecule has 0 atom stereocenters. The molecule has 0 bridgehead atoms. The van der Waals surface area contributed by atoms with Crippen molar-refractivity contribution in [2.24, 2.45) is 5.92 Å². The maximum atomic E-state index is 12.6. The zero-order valence-electron chi connectivity index (χ0n) is 13.4. The van der Waals surface area contributed by atoms with E-state index in [2.05, 4.69) is 0 Å². The van der Waals surface area contributed by atoms with Gasteiger partial charge in [0, 0.05) is 36.4 Å². The van der Waals surface area contributed by atoms with Gasteiger partial charge in [0.15, 0.2) is 0 Å². The predicted octanol–water partition coefficient (Wildman–Crippen LogP) is 3.30. The highest BCUT2D eigenvalue weighted by molar-refractivity contribution is 6.31. The number of aromatic nitrogens is 1. The molecule has 1 heterocycles. The molecule has 0 spiro atoms. The van der Waals surface area contributed by atoms with Gasteiger partial charge in [0.1, 0.15) is 6.54 Å². The highest BCUT2D eigenvalue weighted by Crippen LogP contribution is 2.27. The van der Waals surface area contributed by atoms with Crippen molar-refractivity contribution in [1.82, 2.24) is 9.47 Å². The standard InChI is InChI=1S/C18H23ClN2O2/c1-20(16-6-2-13(12-22)3-7-16)18(23)11-21-9-8-14-4-5-15(19)10-17(14)21/h4-5,8-10,13,16,22H,2-3,6-7,11-12H2,1H3. The van der Waals surface area contributed by atoms with Crippen molar-refractivity contribution in [3.8, 4) is 0 Å². The van der Waals surface area contributed by atoms with Crippen LogP contribution in [0.15, 0.2) is 30.5 Å². The SMILES string of the molecule is CN(C(=O)Cn1ccc2ccc(Cl)cc21)C1CCC(CO)CC1. The number of amides is 1. The second-order valence-electron chi connectivity index (χ2n) is 6.51. The molecule has 5 heteroatoms. The molecular weight excluding hydrogens is 312 g/mol. The summed E-state index contributed by atoms with van der Waals surface area (Å²) < 4.78 is 1.96. The third-order valence-corrected chi connectivity index (χ3v) is 5.29. The van der Waals surface area contributed by atoms with E-state index in [0.717, 1.165) is 36.6 Å². The van der Waals surface area contributed by atoms with E-state index in [1.165, 1.54) is 0 Å². The largest absolute Gasteiger partial charge is 0.396 e. The number of hydrogen-bond acceptors (Lipinski definition) is 2. The fraction of sp³-hybridized carbons (Fsp3) is 0.500. The first kappa shape index (κ1) is 16.3. The first-order chi connectivity index (χ1) is 11.1. The topological polar surface area (TPSA) is 45.5 Å². The average Bonchev–Trinajstić information content (AvgIpc) is 2.96. The molecule has 1 saturated carbocycles. The minimum atomic E-state index is 0.120. The molecular formula is C18H23ClN2O2. The van der Waals surface area contributed by atoms with E-state index in [1.807, 2.05) is 47.0 Å². The van der Waals surface area contributed by atoms with E-state index in [9.17, 15) is 9.90 Å². The van der Waals surface area contributed by atoms with Crippen molar-refractivity contribution in [3.05, 3.63) is 35.5 Å². The second-order valence-corrected chi connectivity index (χ2v) is 6.94. The quantitative estimate of drug-likeness (QED) is 0.932. The predicted molar refractivity (Wildman–Crippen MR) is 92.5 cm³/mol. The Morgan fingerprint density at radius 1 is 1.30 bits per heavy atom. The Hall–Kier alpha value is -1.52. The highest BCUT2D eigenvalue weighted by atomic mass is 35.5. The van der Waals surface area contributed by atoms with Crippen LogP contribution in [-0.4, -0.2) is 40.2 Å². The number of carbonyl (C=O) groups is 1. The normalized spacial score (nSPS) is 21.5. The molecule has 124 valence electrons. The Morgan fingerprint density at radius 3 is 2.74 bits per heavy atom. The van der Waals surface area contributed by atoms with E-state index in [4.69, 9.17) is 11.6 Å². The molecule has 1 aromatic heterocycles. The summed E-state index contributed by atoms with van der Waals surface area (Å²) in [7, 11) is 1.89. The first-order valence-electron chi connectivity index (χ1n) is 8.19. The van der Waals surface area contributed by atoms with Crippen LogP contribution in [-0.2, 0) is 11.3 Å². The molecule has 0 unspecified atom stereocenters. The lowest BCUT2D eigenvalue weighted by Crippen LogP contribution is -2.41. The van der Waals surface area contributed by atoms with E-state index >= 15 is 0 Å². The van der Waals surface area contributed by atoms with Gasteiger partial charge >= 0.3 is 0 Å². The summed E-state index contributed by atoms with van der Waals surface area (Å²) in [5.41, 5.74) is 0.989. The van der Waals surface area contributed by atoms with Crippen LogP contribution < -0.4 is 0 Å². The number of fused-ring (bicyclic) bond motifs is 1. The van der Waals surface area contributed by atoms with Gasteiger partial charge in [-0.1, -0.05) is 17.7 Å². The van der Waals surface area contributed by atoms with Gasteiger partial charge in [0.25, 0.3) is 0 Å². The van der Waals surface area contributed by atoms with Gasteiger partial charge in [-0.05, 0) is 55.2 Å². The van der Waals surface area contributed by atoms with Crippen LogP contribution in [0, 0.1) is 5.92 Å². The van der Waals surface area contributed by atoms with Crippen LogP contribution in [0.25, 0.3) is 10.9 Å². The molecule has 1 aliphatic carbocycles. The number of benzene rings is 1. The zero-order chi connectivity index (χ0) is 16.4. The smallest absolute Gasteiger partial charge is 0.242 e. The lowest BCUT2D eigenvalue weighted by molar-refractivity contribution is -0.133. The number of likely N-dealkylation sites (N-methyl/N-ethyl adjacent to an activating group) is 1. The van der Waals surface area contributed by atoms with Crippen LogP contribution >= 0.6 is 11.6 Å². The van der Waals surface area contributed by atoms with Crippen LogP contribution in [0.1, 0.15) is 25.7 Å². The van der Waals surface area contributed by atoms with Crippen LogP contribution in [0.4, 0.5) is 0 Å². The van der Waals surface area contributed by atoms with Crippen LogP contribution in [0.2, 0.25) is 5.02 Å². The molecule has 0 saturated heterocycles. The molecule has 1 fully saturated rings. The molecule has 1 N–H and O–H groups in total. The van der Waals surface area contributed by atoms with E-state index in [0.29, 0.717) is 17.5 Å². The third-order valence-electron chi connectivity index (χ3n) is 5.06. The van der Waals surface area contributed by atoms with Crippen molar-refractivity contribution >= 4 is 28.4 Å². The van der Waals surface area contributed by atoms with Crippen LogP contribution in [0.5, 0.6) is 0 Å². The summed E-state index contributed by atoms with van der Waals surface area (Å²) >= 11 is 6.07. The van der Waals surface area contributed by atoms with Crippen LogP contribution in [0.3, 0.4) is 0 Å². The van der Waals surface area contributed by atoms with Gasteiger partial charge in [0.05, 0.1) is 0 Å². The number of aliphatic hydroxyl groups is 1. The lowest BCUT2D eigenvalue weighted by atomic mass is 9.86. The Morgan fingerprint density at radius 2 is 2.04 bits per heavy atom. The molecule has 1 amide bonds. The van der Waals surface area contributed by atoms with Crippen molar-refractivity contribution in [3.63, 3.8) is 0 Å². The number of carbonyl (C=O) groups excluding carboxylic acids is 1. The van der Waals surface area contributed by atoms with E-state index in [-0.39, 0.29) is 18.6 Å². The Bertz CT molecular complexity index is 689. The maximum absolute atomic E-state index is 12.6. The number of rotatable bonds is 4. The highest BCUT2D eigenvalue weighted by Gasteiger charge is 2.26. The fourth-order valence-corrected chi connectivity index (χ4v) is 3.64. The molecule has 0 aliphatic heterocycles. The Kier molecular flexibility index (Phi) is 4.93. The van der Waals surface area contributed by atoms with Gasteiger partial charge in [-0.25, -0.2) is 0 Å². The van der Waals surface area contributed by atoms with Gasteiger partial charge < -0.3 is 14.6 Å². The number of hydrogen-bond donors (Lipinski definition) is 1. The summed E-state index contributed by atoms with van der Waals surface area (Å²) in [4.78, 5) is 14.5. The molecule has 3 rings (SSSR count). The summed E-state index contributed by atoms with van der Waals surface area (Å²) in [6.07, 6.45) is 5.90. The van der Waals surface area contributed by atoms with E-state index < -0.39 is 0 Å². The van der Waals surface area contributed by atoms with Crippen molar-refractivity contribution in [2.75, 3.05) is 13.7 Å². The maximum Gasteiger partial charge on any atom is 0.242 e. The molecule has 4 nitrogen and oxygen atoms in total. The zero-order valence-corrected chi connectivity index (χ0v) is 14.2. The first-order valence-corrected chi connectivity index (χ1v) is 8.57. The number of halogens is 1. The van der Waals surface area contributed by atoms with Gasteiger partial charge in [-0.3, -0.25) is 4.79 Å². The van der Waals surface area contributed by atoms with Gasteiger partial charge in [-0.15, -0.1) is 0 Å². The molecule has 0 radical (unpaired) electrons. The second kappa shape index (κ2) is 6.93. The molecule has 23 heavy (non-hydrogen) atoms. The summed E-state index contributed by atoms with van der Waals surface area (Å²) in [5, 5.41) is 11.0. The Labute approximate surface area is 141 Å². The summed E-state index contributed by atoms with van der Waals surface area (Å²) in [5.74, 6) is 0.528. The van der Waals surface area contributed by atoms with Gasteiger partial charge in [0.2, 0.25) is 5.91 Å². The van der Waals surface area contributed by atoms with Gasteiger partial charge in [-0.2, -0.15) is 0 Å². The molecule has 2 aromatic rings. The number of aliphatic hydroxyl groups excluding tert-OH is 1. The summed E-state index contributed by atoms with van der Waals surface area (Å²) in [6.45, 7) is 0.598. The van der Waals surface area contributed by atoms with E-state index in [1.54, 1.807) is 0 Å².